The van der Waals surface area contributed by atoms with E-state index in [4.69, 9.17) is 10.5 Å². The molecule has 9 heteroatoms. The molecule has 0 amide bonds. The number of nitrogens with zero attached hydrogens (tertiary/aromatic N) is 4. The molecule has 0 aliphatic rings. The van der Waals surface area contributed by atoms with Crippen molar-refractivity contribution >= 4 is 23.1 Å². The fraction of sp³-hybridized carbons (Fsp3) is 0.188. The largest absolute Gasteiger partial charge is 0.507 e. The number of rotatable bonds is 4. The zero-order valence-corrected chi connectivity index (χ0v) is 13.6. The summed E-state index contributed by atoms with van der Waals surface area (Å²) in [6.45, 7) is 2.19. The topological polar surface area (TPSA) is 133 Å². The monoisotopic (exact) mass is 341 g/mol. The predicted octanol–water partition coefficient (Wildman–Crippen LogP) is 1.56. The molecule has 2 aromatic heterocycles. The lowest BCUT2D eigenvalue weighted by atomic mass is 10.1. The molecule has 0 bridgehead atoms. The van der Waals surface area contributed by atoms with E-state index in [1.54, 1.807) is 6.07 Å². The van der Waals surface area contributed by atoms with Gasteiger partial charge in [-0.05, 0) is 19.1 Å². The number of anilines is 1. The lowest BCUT2D eigenvalue weighted by Crippen LogP contribution is -2.04. The summed E-state index contributed by atoms with van der Waals surface area (Å²) in [7, 11) is 1.24. The number of phenols is 1. The van der Waals surface area contributed by atoms with Crippen LogP contribution in [0, 0.1) is 0 Å². The predicted molar refractivity (Wildman–Crippen MR) is 89.1 cm³/mol. The summed E-state index contributed by atoms with van der Waals surface area (Å²) in [5, 5.41) is 10.0. The number of aromatic nitrogens is 4. The molecule has 25 heavy (non-hydrogen) atoms. The van der Waals surface area contributed by atoms with Crippen molar-refractivity contribution in [1.29, 1.82) is 0 Å². The third kappa shape index (κ3) is 3.11. The van der Waals surface area contributed by atoms with E-state index in [0.29, 0.717) is 29.0 Å². The van der Waals surface area contributed by atoms with Crippen LogP contribution in [0.3, 0.4) is 0 Å². The Kier molecular flexibility index (Phi) is 4.29. The van der Waals surface area contributed by atoms with E-state index in [1.807, 2.05) is 6.92 Å². The van der Waals surface area contributed by atoms with Gasteiger partial charge in [0.05, 0.1) is 25.6 Å². The van der Waals surface area contributed by atoms with Gasteiger partial charge in [0.15, 0.2) is 11.2 Å². The second-order valence-corrected chi connectivity index (χ2v) is 4.97. The highest BCUT2D eigenvalue weighted by Crippen LogP contribution is 2.28. The van der Waals surface area contributed by atoms with Gasteiger partial charge in [-0.3, -0.25) is 0 Å². The second-order valence-electron chi connectivity index (χ2n) is 4.97. The maximum absolute atomic E-state index is 11.6. The maximum Gasteiger partial charge on any atom is 0.341 e. The third-order valence-corrected chi connectivity index (χ3v) is 3.37. The number of aromatic hydroxyl groups is 1. The molecule has 0 aliphatic carbocycles. The molecule has 0 saturated carbocycles. The lowest BCUT2D eigenvalue weighted by molar-refractivity contribution is 0.0597. The minimum atomic E-state index is -0.629. The molecule has 0 atom stereocenters. The summed E-state index contributed by atoms with van der Waals surface area (Å²) in [5.41, 5.74) is 7.36. The molecule has 1 aromatic carbocycles. The standard InChI is InChI=1S/C16H15N5O4/c1-3-25-14-12-13(20-16(17)21-14)18-7-10(19-12)8-4-5-9(11(22)6-8)15(23)24-2/h4-7,22H,3H2,1-2H3,(H2,17,18,20,21). The van der Waals surface area contributed by atoms with Crippen molar-refractivity contribution in [2.75, 3.05) is 19.5 Å². The molecular formula is C16H15N5O4. The Balaban J connectivity index is 2.10. The van der Waals surface area contributed by atoms with Crippen LogP contribution in [0.15, 0.2) is 24.4 Å². The van der Waals surface area contributed by atoms with Crippen LogP contribution in [-0.2, 0) is 4.74 Å². The van der Waals surface area contributed by atoms with Crippen LogP contribution in [0.4, 0.5) is 5.95 Å². The van der Waals surface area contributed by atoms with Crippen molar-refractivity contribution in [3.8, 4) is 22.9 Å². The van der Waals surface area contributed by atoms with Crippen molar-refractivity contribution < 1.29 is 19.4 Å². The number of methoxy groups -OCH3 is 1. The van der Waals surface area contributed by atoms with E-state index in [1.165, 1.54) is 25.4 Å². The molecule has 0 aliphatic heterocycles. The minimum absolute atomic E-state index is 0.0399. The van der Waals surface area contributed by atoms with Crippen molar-refractivity contribution in [3.63, 3.8) is 0 Å². The Labute approximate surface area is 142 Å². The molecular weight excluding hydrogens is 326 g/mol. The Bertz CT molecular complexity index is 961. The van der Waals surface area contributed by atoms with Crippen LogP contribution in [-0.4, -0.2) is 44.7 Å². The summed E-state index contributed by atoms with van der Waals surface area (Å²) in [6, 6.07) is 4.48. The molecule has 0 unspecified atom stereocenters. The SMILES string of the molecule is CCOc1nc(N)nc2ncc(-c3ccc(C(=O)OC)c(O)c3)nc12. The molecule has 0 radical (unpaired) electrons. The first-order valence-electron chi connectivity index (χ1n) is 7.38. The average molecular weight is 341 g/mol. The van der Waals surface area contributed by atoms with Gasteiger partial charge in [-0.15, -0.1) is 0 Å². The molecule has 9 nitrogen and oxygen atoms in total. The summed E-state index contributed by atoms with van der Waals surface area (Å²) >= 11 is 0. The fourth-order valence-corrected chi connectivity index (χ4v) is 2.25. The van der Waals surface area contributed by atoms with Crippen LogP contribution >= 0.6 is 0 Å². The van der Waals surface area contributed by atoms with Gasteiger partial charge in [-0.1, -0.05) is 6.07 Å². The van der Waals surface area contributed by atoms with Gasteiger partial charge in [0.2, 0.25) is 11.8 Å². The Morgan fingerprint density at radius 2 is 2.08 bits per heavy atom. The van der Waals surface area contributed by atoms with Crippen molar-refractivity contribution in [1.82, 2.24) is 19.9 Å². The van der Waals surface area contributed by atoms with Crippen LogP contribution in [0.5, 0.6) is 11.6 Å². The highest BCUT2D eigenvalue weighted by Gasteiger charge is 2.15. The smallest absolute Gasteiger partial charge is 0.341 e. The fourth-order valence-electron chi connectivity index (χ4n) is 2.25. The summed E-state index contributed by atoms with van der Waals surface area (Å²) < 4.78 is 10.0. The van der Waals surface area contributed by atoms with Gasteiger partial charge in [0.25, 0.3) is 0 Å². The number of hydrogen-bond donors (Lipinski definition) is 2. The first-order valence-corrected chi connectivity index (χ1v) is 7.38. The number of ether oxygens (including phenoxy) is 2. The van der Waals surface area contributed by atoms with Crippen LogP contribution < -0.4 is 10.5 Å². The van der Waals surface area contributed by atoms with E-state index in [-0.39, 0.29) is 23.1 Å². The van der Waals surface area contributed by atoms with Crippen LogP contribution in [0.1, 0.15) is 17.3 Å². The number of nitrogen functional groups attached to an aromatic ring is 1. The van der Waals surface area contributed by atoms with Crippen molar-refractivity contribution in [3.05, 3.63) is 30.0 Å². The Morgan fingerprint density at radius 1 is 1.28 bits per heavy atom. The van der Waals surface area contributed by atoms with E-state index in [9.17, 15) is 9.90 Å². The molecule has 0 saturated heterocycles. The molecule has 3 N–H and O–H groups in total. The number of hydrogen-bond acceptors (Lipinski definition) is 9. The van der Waals surface area contributed by atoms with Gasteiger partial charge in [-0.25, -0.2) is 14.8 Å². The molecule has 3 rings (SSSR count). The summed E-state index contributed by atoms with van der Waals surface area (Å²) in [5.74, 6) is -0.575. The molecule has 128 valence electrons. The van der Waals surface area contributed by atoms with Gasteiger partial charge in [0, 0.05) is 5.56 Å². The zero-order valence-electron chi connectivity index (χ0n) is 13.6. The van der Waals surface area contributed by atoms with Gasteiger partial charge < -0.3 is 20.3 Å². The zero-order chi connectivity index (χ0) is 18.0. The molecule has 0 spiro atoms. The number of benzene rings is 1. The number of carbonyl (C=O) groups excluding carboxylic acids is 1. The summed E-state index contributed by atoms with van der Waals surface area (Å²) in [6.07, 6.45) is 1.48. The van der Waals surface area contributed by atoms with E-state index >= 15 is 0 Å². The quantitative estimate of drug-likeness (QED) is 0.678. The second kappa shape index (κ2) is 6.56. The maximum atomic E-state index is 11.6. The molecule has 0 fully saturated rings. The normalized spacial score (nSPS) is 10.6. The van der Waals surface area contributed by atoms with E-state index in [0.717, 1.165) is 0 Å². The minimum Gasteiger partial charge on any atom is -0.507 e. The Morgan fingerprint density at radius 3 is 2.76 bits per heavy atom. The number of carbonyl (C=O) groups is 1. The molecule has 2 heterocycles. The summed E-state index contributed by atoms with van der Waals surface area (Å²) in [4.78, 5) is 28.3. The number of esters is 1. The van der Waals surface area contributed by atoms with Crippen molar-refractivity contribution in [2.45, 2.75) is 6.92 Å². The van der Waals surface area contributed by atoms with Crippen molar-refractivity contribution in [2.24, 2.45) is 0 Å². The first-order chi connectivity index (χ1) is 12.0. The first kappa shape index (κ1) is 16.4. The average Bonchev–Trinajstić information content (AvgIpc) is 2.61. The van der Waals surface area contributed by atoms with Gasteiger partial charge in [0.1, 0.15) is 11.3 Å². The third-order valence-electron chi connectivity index (χ3n) is 3.37. The molecule has 3 aromatic rings. The lowest BCUT2D eigenvalue weighted by Gasteiger charge is -2.08. The van der Waals surface area contributed by atoms with Gasteiger partial charge >= 0.3 is 5.97 Å². The number of fused-ring (bicyclic) bond motifs is 1. The van der Waals surface area contributed by atoms with E-state index in [2.05, 4.69) is 24.7 Å². The van der Waals surface area contributed by atoms with E-state index < -0.39 is 5.97 Å². The van der Waals surface area contributed by atoms with Crippen LogP contribution in [0.2, 0.25) is 0 Å². The van der Waals surface area contributed by atoms with Gasteiger partial charge in [-0.2, -0.15) is 9.97 Å². The highest BCUT2D eigenvalue weighted by molar-refractivity contribution is 5.93. The number of nitrogens with two attached hydrogens (primary N) is 1. The number of phenolic OH excluding ortho intramolecular Hbond substituents is 1. The Hall–Kier alpha value is -3.49. The highest BCUT2D eigenvalue weighted by atomic mass is 16.5. The van der Waals surface area contributed by atoms with Crippen LogP contribution in [0.25, 0.3) is 22.4 Å².